The molecule has 0 fully saturated rings. The molecular formula is C27H29N3O2. The van der Waals surface area contributed by atoms with Gasteiger partial charge in [-0.3, -0.25) is 4.99 Å². The fourth-order valence-corrected chi connectivity index (χ4v) is 3.99. The van der Waals surface area contributed by atoms with E-state index in [2.05, 4.69) is 18.7 Å². The van der Waals surface area contributed by atoms with Crippen LogP contribution in [0.3, 0.4) is 0 Å². The standard InChI is InChI=1S/C27H29N3O2/c1-19(2)17-30-23-16-10-9-15-22(23)24(21-13-7-4-8-14-21)29-25(26(30)28)27(31)32-18-20-11-5-3-6-12-20/h3-16,19,25-26H,17-18,28H2,1-2H3. The van der Waals surface area contributed by atoms with E-state index in [1.54, 1.807) is 0 Å². The molecule has 0 spiro atoms. The molecule has 1 heterocycles. The SMILES string of the molecule is CC(C)CN1c2ccccc2C(c2ccccc2)=NC(C(=O)OCc2ccccc2)C1N. The first kappa shape index (κ1) is 21.8. The molecular weight excluding hydrogens is 398 g/mol. The lowest BCUT2D eigenvalue weighted by atomic mass is 10.00. The molecule has 2 unspecified atom stereocenters. The Bertz CT molecular complexity index is 1080. The number of esters is 1. The van der Waals surface area contributed by atoms with Crippen LogP contribution in [0.15, 0.2) is 89.9 Å². The van der Waals surface area contributed by atoms with Gasteiger partial charge in [0.2, 0.25) is 0 Å². The Hall–Kier alpha value is -3.44. The van der Waals surface area contributed by atoms with Crippen molar-refractivity contribution in [3.05, 3.63) is 102 Å². The van der Waals surface area contributed by atoms with Crippen molar-refractivity contribution in [2.24, 2.45) is 16.6 Å². The minimum atomic E-state index is -0.847. The average Bonchev–Trinajstić information content (AvgIpc) is 2.94. The number of fused-ring (bicyclic) bond motifs is 1. The zero-order chi connectivity index (χ0) is 22.5. The lowest BCUT2D eigenvalue weighted by molar-refractivity contribution is -0.146. The third-order valence-corrected chi connectivity index (χ3v) is 5.49. The Morgan fingerprint density at radius 2 is 1.59 bits per heavy atom. The van der Waals surface area contributed by atoms with E-state index < -0.39 is 18.2 Å². The molecule has 32 heavy (non-hydrogen) atoms. The van der Waals surface area contributed by atoms with Gasteiger partial charge in [0.1, 0.15) is 12.8 Å². The Morgan fingerprint density at radius 3 is 2.28 bits per heavy atom. The van der Waals surface area contributed by atoms with Crippen molar-refractivity contribution in [2.75, 3.05) is 11.4 Å². The number of carbonyl (C=O) groups excluding carboxylic acids is 1. The molecule has 2 N–H and O–H groups in total. The molecule has 0 radical (unpaired) electrons. The first-order chi connectivity index (χ1) is 15.5. The monoisotopic (exact) mass is 427 g/mol. The average molecular weight is 428 g/mol. The molecule has 0 saturated heterocycles. The van der Waals surface area contributed by atoms with Crippen molar-refractivity contribution < 1.29 is 9.53 Å². The number of anilines is 1. The maximum atomic E-state index is 13.3. The van der Waals surface area contributed by atoms with Gasteiger partial charge in [-0.05, 0) is 17.5 Å². The fraction of sp³-hybridized carbons (Fsp3) is 0.259. The van der Waals surface area contributed by atoms with E-state index in [0.717, 1.165) is 28.1 Å². The second kappa shape index (κ2) is 9.79. The molecule has 1 aliphatic rings. The summed E-state index contributed by atoms with van der Waals surface area (Å²) in [4.78, 5) is 20.3. The van der Waals surface area contributed by atoms with Crippen LogP contribution in [0.1, 0.15) is 30.5 Å². The van der Waals surface area contributed by atoms with Gasteiger partial charge in [0, 0.05) is 23.4 Å². The second-order valence-corrected chi connectivity index (χ2v) is 8.44. The molecule has 3 aromatic carbocycles. The number of nitrogens with zero attached hydrogens (tertiary/aromatic N) is 2. The van der Waals surface area contributed by atoms with Gasteiger partial charge in [-0.2, -0.15) is 0 Å². The van der Waals surface area contributed by atoms with Gasteiger partial charge < -0.3 is 15.4 Å². The van der Waals surface area contributed by atoms with E-state index in [1.807, 2.05) is 84.9 Å². The highest BCUT2D eigenvalue weighted by molar-refractivity contribution is 6.17. The van der Waals surface area contributed by atoms with Gasteiger partial charge in [0.15, 0.2) is 6.04 Å². The number of aliphatic imine (C=N–C) groups is 1. The minimum Gasteiger partial charge on any atom is -0.459 e. The molecule has 0 bridgehead atoms. The van der Waals surface area contributed by atoms with Crippen LogP contribution in [0.2, 0.25) is 0 Å². The Balaban J connectivity index is 1.75. The van der Waals surface area contributed by atoms with Crippen molar-refractivity contribution in [3.8, 4) is 0 Å². The fourth-order valence-electron chi connectivity index (χ4n) is 3.99. The zero-order valence-corrected chi connectivity index (χ0v) is 18.5. The van der Waals surface area contributed by atoms with Crippen LogP contribution in [-0.4, -0.2) is 30.4 Å². The Morgan fingerprint density at radius 1 is 0.969 bits per heavy atom. The number of carbonyl (C=O) groups is 1. The summed E-state index contributed by atoms with van der Waals surface area (Å²) in [5.74, 6) is -0.0651. The molecule has 5 nitrogen and oxygen atoms in total. The van der Waals surface area contributed by atoms with Crippen molar-refractivity contribution in [3.63, 3.8) is 0 Å². The molecule has 0 saturated carbocycles. The Kier molecular flexibility index (Phi) is 6.66. The maximum Gasteiger partial charge on any atom is 0.334 e. The van der Waals surface area contributed by atoms with Gasteiger partial charge >= 0.3 is 5.97 Å². The zero-order valence-electron chi connectivity index (χ0n) is 18.5. The first-order valence-electron chi connectivity index (χ1n) is 11.0. The van der Waals surface area contributed by atoms with Crippen LogP contribution in [0.4, 0.5) is 5.69 Å². The predicted molar refractivity (Wildman–Crippen MR) is 129 cm³/mol. The van der Waals surface area contributed by atoms with Crippen LogP contribution < -0.4 is 10.6 Å². The van der Waals surface area contributed by atoms with Crippen molar-refractivity contribution >= 4 is 17.4 Å². The summed E-state index contributed by atoms with van der Waals surface area (Å²) in [7, 11) is 0. The molecule has 2 atom stereocenters. The Labute approximate surface area is 189 Å². The number of benzodiazepines with no additional fused rings is 1. The highest BCUT2D eigenvalue weighted by atomic mass is 16.5. The molecule has 164 valence electrons. The van der Waals surface area contributed by atoms with E-state index >= 15 is 0 Å². The van der Waals surface area contributed by atoms with Gasteiger partial charge in [0.05, 0.1) is 5.71 Å². The van der Waals surface area contributed by atoms with Crippen LogP contribution in [0.25, 0.3) is 0 Å². The number of rotatable bonds is 6. The lowest BCUT2D eigenvalue weighted by Crippen LogP contribution is -2.53. The van der Waals surface area contributed by atoms with E-state index in [0.29, 0.717) is 12.5 Å². The number of hydrogen-bond donors (Lipinski definition) is 1. The molecule has 0 aromatic heterocycles. The van der Waals surface area contributed by atoms with Gasteiger partial charge in [-0.1, -0.05) is 92.7 Å². The van der Waals surface area contributed by atoms with Crippen molar-refractivity contribution in [1.29, 1.82) is 0 Å². The molecule has 5 heteroatoms. The quantitative estimate of drug-likeness (QED) is 0.592. The second-order valence-electron chi connectivity index (χ2n) is 8.44. The van der Waals surface area contributed by atoms with Gasteiger partial charge in [-0.25, -0.2) is 4.79 Å². The number of nitrogens with two attached hydrogens (primary N) is 1. The smallest absolute Gasteiger partial charge is 0.334 e. The van der Waals surface area contributed by atoms with E-state index in [1.165, 1.54) is 0 Å². The summed E-state index contributed by atoms with van der Waals surface area (Å²) in [5, 5.41) is 0. The van der Waals surface area contributed by atoms with Crippen LogP contribution in [-0.2, 0) is 16.1 Å². The molecule has 4 rings (SSSR count). The third kappa shape index (κ3) is 4.73. The molecule has 1 aliphatic heterocycles. The van der Waals surface area contributed by atoms with Crippen LogP contribution >= 0.6 is 0 Å². The largest absolute Gasteiger partial charge is 0.459 e. The van der Waals surface area contributed by atoms with Gasteiger partial charge in [-0.15, -0.1) is 0 Å². The summed E-state index contributed by atoms with van der Waals surface area (Å²) in [6, 6.07) is 26.8. The normalized spacial score (nSPS) is 18.0. The highest BCUT2D eigenvalue weighted by Gasteiger charge is 2.36. The molecule has 0 aliphatic carbocycles. The number of para-hydroxylation sites is 1. The summed E-state index contributed by atoms with van der Waals surface area (Å²) in [5.41, 5.74) is 11.3. The highest BCUT2D eigenvalue weighted by Crippen LogP contribution is 2.30. The summed E-state index contributed by atoms with van der Waals surface area (Å²) < 4.78 is 5.68. The maximum absolute atomic E-state index is 13.3. The number of hydrogen-bond acceptors (Lipinski definition) is 5. The van der Waals surface area contributed by atoms with E-state index in [4.69, 9.17) is 15.5 Å². The minimum absolute atomic E-state index is 0.191. The molecule has 3 aromatic rings. The van der Waals surface area contributed by atoms with Crippen molar-refractivity contribution in [1.82, 2.24) is 0 Å². The number of benzene rings is 3. The first-order valence-corrected chi connectivity index (χ1v) is 11.0. The van der Waals surface area contributed by atoms with Crippen LogP contribution in [0, 0.1) is 5.92 Å². The predicted octanol–water partition coefficient (Wildman–Crippen LogP) is 4.40. The van der Waals surface area contributed by atoms with Crippen molar-refractivity contribution in [2.45, 2.75) is 32.7 Å². The third-order valence-electron chi connectivity index (χ3n) is 5.49. The van der Waals surface area contributed by atoms with E-state index in [-0.39, 0.29) is 6.61 Å². The molecule has 0 amide bonds. The van der Waals surface area contributed by atoms with Gasteiger partial charge in [0.25, 0.3) is 0 Å². The topological polar surface area (TPSA) is 67.9 Å². The summed E-state index contributed by atoms with van der Waals surface area (Å²) in [6.45, 7) is 5.18. The summed E-state index contributed by atoms with van der Waals surface area (Å²) >= 11 is 0. The van der Waals surface area contributed by atoms with E-state index in [9.17, 15) is 4.79 Å². The summed E-state index contributed by atoms with van der Waals surface area (Å²) in [6.07, 6.45) is -0.636. The number of ether oxygens (including phenoxy) is 1. The lowest BCUT2D eigenvalue weighted by Gasteiger charge is -2.34. The van der Waals surface area contributed by atoms with Crippen LogP contribution in [0.5, 0.6) is 0 Å².